The van der Waals surface area contributed by atoms with Gasteiger partial charge in [0.15, 0.2) is 0 Å². The molecule has 0 aliphatic heterocycles. The minimum atomic E-state index is -0.417. The van der Waals surface area contributed by atoms with Gasteiger partial charge in [0.05, 0.1) is 12.2 Å². The van der Waals surface area contributed by atoms with E-state index in [2.05, 4.69) is 13.8 Å². The number of rotatable bonds is 5. The predicted octanol–water partition coefficient (Wildman–Crippen LogP) is 3.15. The van der Waals surface area contributed by atoms with Crippen LogP contribution in [0.4, 0.5) is 0 Å². The zero-order valence-electron chi connectivity index (χ0n) is 11.7. The molecule has 0 aromatic carbocycles. The number of carbonyl (C=O) groups excluding carboxylic acids is 1. The van der Waals surface area contributed by atoms with Crippen LogP contribution in [0.3, 0.4) is 0 Å². The summed E-state index contributed by atoms with van der Waals surface area (Å²) in [4.78, 5) is 10.2. The maximum absolute atomic E-state index is 10.2. The van der Waals surface area contributed by atoms with Gasteiger partial charge in [-0.2, -0.15) is 0 Å². The van der Waals surface area contributed by atoms with Gasteiger partial charge in [-0.3, -0.25) is 4.79 Å². The summed E-state index contributed by atoms with van der Waals surface area (Å²) in [6.07, 6.45) is 2.66. The average molecular weight is 232 g/mol. The van der Waals surface area contributed by atoms with Gasteiger partial charge in [-0.25, -0.2) is 0 Å². The van der Waals surface area contributed by atoms with E-state index >= 15 is 0 Å². The first-order valence-corrected chi connectivity index (χ1v) is 6.10. The van der Waals surface area contributed by atoms with Gasteiger partial charge < -0.3 is 9.84 Å². The number of hydrogen-bond donors (Lipinski definition) is 1. The molecule has 3 nitrogen and oxygen atoms in total. The molecule has 0 aliphatic rings. The summed E-state index contributed by atoms with van der Waals surface area (Å²) in [5, 5.41) is 9.13. The third-order valence-corrected chi connectivity index (χ3v) is 2.52. The molecule has 0 heterocycles. The lowest BCUT2D eigenvalue weighted by Gasteiger charge is -2.17. The van der Waals surface area contributed by atoms with Crippen molar-refractivity contribution in [2.75, 3.05) is 6.61 Å². The van der Waals surface area contributed by atoms with Crippen molar-refractivity contribution in [3.8, 4) is 0 Å². The molecular weight excluding hydrogens is 204 g/mol. The molecule has 98 valence electrons. The molecule has 3 heteroatoms. The van der Waals surface area contributed by atoms with E-state index in [-0.39, 0.29) is 5.97 Å². The Bertz CT molecular complexity index is 168. The lowest BCUT2D eigenvalue weighted by atomic mass is 10.0. The van der Waals surface area contributed by atoms with Crippen molar-refractivity contribution in [1.29, 1.82) is 0 Å². The van der Waals surface area contributed by atoms with Crippen molar-refractivity contribution < 1.29 is 14.6 Å². The fourth-order valence-corrected chi connectivity index (χ4v) is 0.688. The summed E-state index contributed by atoms with van der Waals surface area (Å²) >= 11 is 0. The first kappa shape index (κ1) is 17.8. The summed E-state index contributed by atoms with van der Waals surface area (Å²) in [6, 6.07) is 0. The zero-order valence-corrected chi connectivity index (χ0v) is 11.7. The number of aliphatic hydroxyl groups is 1. The highest BCUT2D eigenvalue weighted by atomic mass is 16.5. The number of hydrogen-bond acceptors (Lipinski definition) is 3. The summed E-state index contributed by atoms with van der Waals surface area (Å²) < 4.78 is 4.71. The van der Waals surface area contributed by atoms with Gasteiger partial charge in [0.25, 0.3) is 0 Å². The molecule has 0 atom stereocenters. The molecule has 0 radical (unpaired) electrons. The topological polar surface area (TPSA) is 46.5 Å². The Morgan fingerprint density at radius 3 is 1.94 bits per heavy atom. The van der Waals surface area contributed by atoms with Gasteiger partial charge in [0.2, 0.25) is 0 Å². The van der Waals surface area contributed by atoms with E-state index in [4.69, 9.17) is 9.84 Å². The fourth-order valence-electron chi connectivity index (χ4n) is 0.688. The van der Waals surface area contributed by atoms with Crippen LogP contribution in [-0.4, -0.2) is 23.3 Å². The van der Waals surface area contributed by atoms with E-state index in [1.54, 1.807) is 0 Å². The van der Waals surface area contributed by atoms with Crippen molar-refractivity contribution in [1.82, 2.24) is 0 Å². The predicted molar refractivity (Wildman–Crippen MR) is 67.3 cm³/mol. The summed E-state index contributed by atoms with van der Waals surface area (Å²) in [6.45, 7) is 12.0. The van der Waals surface area contributed by atoms with Crippen LogP contribution in [0.2, 0.25) is 0 Å². The van der Waals surface area contributed by atoms with Crippen LogP contribution in [0, 0.1) is 5.92 Å². The molecule has 0 aromatic heterocycles. The second-order valence-electron chi connectivity index (χ2n) is 4.73. The molecule has 0 saturated heterocycles. The van der Waals surface area contributed by atoms with Gasteiger partial charge in [-0.1, -0.05) is 27.7 Å². The zero-order chi connectivity index (χ0) is 13.2. The molecule has 0 fully saturated rings. The molecular formula is C13H28O3. The quantitative estimate of drug-likeness (QED) is 0.741. The van der Waals surface area contributed by atoms with Gasteiger partial charge >= 0.3 is 5.97 Å². The second-order valence-corrected chi connectivity index (χ2v) is 4.73. The Kier molecular flexibility index (Phi) is 10.7. The van der Waals surface area contributed by atoms with E-state index in [0.29, 0.717) is 12.5 Å². The molecule has 0 aliphatic carbocycles. The van der Waals surface area contributed by atoms with E-state index in [1.807, 2.05) is 20.8 Å². The van der Waals surface area contributed by atoms with Crippen LogP contribution in [0.15, 0.2) is 0 Å². The van der Waals surface area contributed by atoms with Crippen molar-refractivity contribution in [2.45, 2.75) is 66.4 Å². The SMILES string of the molecule is CC(=O)OCCC(C)C.CCC(C)(O)CC. The molecule has 0 spiro atoms. The third kappa shape index (κ3) is 15.9. The maximum atomic E-state index is 10.2. The van der Waals surface area contributed by atoms with Crippen LogP contribution in [0.5, 0.6) is 0 Å². The summed E-state index contributed by atoms with van der Waals surface area (Å²) in [5.41, 5.74) is -0.417. The molecule has 1 N–H and O–H groups in total. The summed E-state index contributed by atoms with van der Waals surface area (Å²) in [7, 11) is 0. The Morgan fingerprint density at radius 2 is 1.75 bits per heavy atom. The highest BCUT2D eigenvalue weighted by Gasteiger charge is 2.12. The van der Waals surface area contributed by atoms with Crippen LogP contribution in [0.25, 0.3) is 0 Å². The van der Waals surface area contributed by atoms with Gasteiger partial charge in [0.1, 0.15) is 0 Å². The number of ether oxygens (including phenoxy) is 1. The van der Waals surface area contributed by atoms with Gasteiger partial charge in [0, 0.05) is 6.92 Å². The van der Waals surface area contributed by atoms with Crippen molar-refractivity contribution in [2.24, 2.45) is 5.92 Å². The highest BCUT2D eigenvalue weighted by Crippen LogP contribution is 2.11. The third-order valence-electron chi connectivity index (χ3n) is 2.52. The molecule has 16 heavy (non-hydrogen) atoms. The van der Waals surface area contributed by atoms with Crippen LogP contribution >= 0.6 is 0 Å². The number of carbonyl (C=O) groups is 1. The fraction of sp³-hybridized carbons (Fsp3) is 0.923. The second kappa shape index (κ2) is 9.64. The van der Waals surface area contributed by atoms with Crippen LogP contribution in [0.1, 0.15) is 60.8 Å². The largest absolute Gasteiger partial charge is 0.466 e. The first-order valence-electron chi connectivity index (χ1n) is 6.10. The normalized spacial score (nSPS) is 10.8. The molecule has 0 saturated carbocycles. The maximum Gasteiger partial charge on any atom is 0.302 e. The van der Waals surface area contributed by atoms with Crippen molar-refractivity contribution in [3.63, 3.8) is 0 Å². The Morgan fingerprint density at radius 1 is 1.31 bits per heavy atom. The van der Waals surface area contributed by atoms with Crippen molar-refractivity contribution in [3.05, 3.63) is 0 Å². The minimum Gasteiger partial charge on any atom is -0.466 e. The molecule has 0 aromatic rings. The van der Waals surface area contributed by atoms with Gasteiger partial charge in [-0.15, -0.1) is 0 Å². The highest BCUT2D eigenvalue weighted by molar-refractivity contribution is 5.65. The average Bonchev–Trinajstić information content (AvgIpc) is 2.18. The Hall–Kier alpha value is -0.570. The van der Waals surface area contributed by atoms with Crippen LogP contribution < -0.4 is 0 Å². The minimum absolute atomic E-state index is 0.185. The van der Waals surface area contributed by atoms with E-state index in [9.17, 15) is 4.79 Å². The smallest absolute Gasteiger partial charge is 0.302 e. The van der Waals surface area contributed by atoms with Crippen molar-refractivity contribution >= 4 is 5.97 Å². The van der Waals surface area contributed by atoms with E-state index in [1.165, 1.54) is 6.92 Å². The van der Waals surface area contributed by atoms with Gasteiger partial charge in [-0.05, 0) is 32.1 Å². The Balaban J connectivity index is 0. The first-order chi connectivity index (χ1) is 7.25. The lowest BCUT2D eigenvalue weighted by Crippen LogP contribution is -2.20. The molecule has 0 bridgehead atoms. The Labute approximate surface area is 100 Å². The van der Waals surface area contributed by atoms with Crippen LogP contribution in [-0.2, 0) is 9.53 Å². The summed E-state index contributed by atoms with van der Waals surface area (Å²) in [5.74, 6) is 0.431. The monoisotopic (exact) mass is 232 g/mol. The number of esters is 1. The molecule has 0 rings (SSSR count). The molecule has 0 unspecified atom stereocenters. The van der Waals surface area contributed by atoms with E-state index in [0.717, 1.165) is 19.3 Å². The lowest BCUT2D eigenvalue weighted by molar-refractivity contribution is -0.141. The van der Waals surface area contributed by atoms with E-state index < -0.39 is 5.60 Å². The standard InChI is InChI=1S/C7H14O2.C6H14O/c1-6(2)4-5-9-7(3)8;1-4-6(3,7)5-2/h6H,4-5H2,1-3H3;7H,4-5H2,1-3H3. The molecule has 0 amide bonds.